The van der Waals surface area contributed by atoms with Gasteiger partial charge in [-0.05, 0) is 6.92 Å². The molecule has 0 radical (unpaired) electrons. The van der Waals surface area contributed by atoms with Crippen molar-refractivity contribution in [3.63, 3.8) is 0 Å². The average Bonchev–Trinajstić information content (AvgIpc) is 2.37. The van der Waals surface area contributed by atoms with E-state index < -0.39 is 6.09 Å². The predicted octanol–water partition coefficient (Wildman–Crippen LogP) is 1.02. The Morgan fingerprint density at radius 3 is 2.92 bits per heavy atom. The molecule has 0 aliphatic carbocycles. The summed E-state index contributed by atoms with van der Waals surface area (Å²) in [6, 6.07) is 0. The van der Waals surface area contributed by atoms with Gasteiger partial charge in [0.2, 0.25) is 0 Å². The lowest BCUT2D eigenvalue weighted by Crippen LogP contribution is -2.20. The molecule has 0 spiro atoms. The number of hydrogen-bond donors (Lipinski definition) is 1. The minimum absolute atomic E-state index is 0.224. The molecule has 1 amide bonds. The zero-order chi connectivity index (χ0) is 9.84. The third kappa shape index (κ3) is 2.32. The molecule has 1 heterocycles. The van der Waals surface area contributed by atoms with Crippen molar-refractivity contribution in [3.8, 4) is 0 Å². The average molecular weight is 202 g/mol. The minimum atomic E-state index is -0.599. The van der Waals surface area contributed by atoms with E-state index in [1.165, 1.54) is 15.5 Å². The molecule has 6 heteroatoms. The number of carbonyl (C=O) groups excluding carboxylic acids is 1. The SMILES string of the molecule is CCOC(=O)Nc1csn(C)c1=O. The van der Waals surface area contributed by atoms with Crippen LogP contribution in [0, 0.1) is 0 Å². The summed E-state index contributed by atoms with van der Waals surface area (Å²) < 4.78 is 6.03. The fourth-order valence-corrected chi connectivity index (χ4v) is 1.38. The molecule has 1 aromatic heterocycles. The molecule has 1 rings (SSSR count). The summed E-state index contributed by atoms with van der Waals surface area (Å²) >= 11 is 1.22. The second-order valence-electron chi connectivity index (χ2n) is 2.29. The van der Waals surface area contributed by atoms with Crippen molar-refractivity contribution in [1.29, 1.82) is 0 Å². The van der Waals surface area contributed by atoms with Crippen molar-refractivity contribution >= 4 is 23.3 Å². The summed E-state index contributed by atoms with van der Waals surface area (Å²) in [5.74, 6) is 0. The highest BCUT2D eigenvalue weighted by molar-refractivity contribution is 7.04. The Labute approximate surface area is 79.1 Å². The molecule has 0 aliphatic heterocycles. The van der Waals surface area contributed by atoms with Gasteiger partial charge in [0.05, 0.1) is 6.61 Å². The number of nitrogens with zero attached hydrogens (tertiary/aromatic N) is 1. The number of aryl methyl sites for hydroxylation is 1. The maximum absolute atomic E-state index is 11.2. The molecule has 0 saturated carbocycles. The molecule has 0 aromatic carbocycles. The smallest absolute Gasteiger partial charge is 0.411 e. The number of rotatable bonds is 2. The fourth-order valence-electron chi connectivity index (χ4n) is 0.760. The van der Waals surface area contributed by atoms with Gasteiger partial charge in [0.1, 0.15) is 5.69 Å². The molecule has 0 saturated heterocycles. The number of aromatic nitrogens is 1. The second kappa shape index (κ2) is 4.08. The van der Waals surface area contributed by atoms with Crippen molar-refractivity contribution in [2.75, 3.05) is 11.9 Å². The Hall–Kier alpha value is -1.30. The van der Waals surface area contributed by atoms with Gasteiger partial charge >= 0.3 is 6.09 Å². The standard InChI is InChI=1S/C7H10N2O3S/c1-3-12-7(11)8-5-4-13-9(2)6(5)10/h4H,3H2,1-2H3,(H,8,11). The Balaban J connectivity index is 2.69. The molecular formula is C7H10N2O3S. The van der Waals surface area contributed by atoms with Crippen LogP contribution in [0.15, 0.2) is 10.2 Å². The highest BCUT2D eigenvalue weighted by Gasteiger charge is 2.07. The number of hydrogen-bond acceptors (Lipinski definition) is 4. The number of carbonyl (C=O) groups is 1. The zero-order valence-corrected chi connectivity index (χ0v) is 8.18. The molecule has 1 N–H and O–H groups in total. The topological polar surface area (TPSA) is 60.3 Å². The molecule has 13 heavy (non-hydrogen) atoms. The molecule has 0 atom stereocenters. The van der Waals surface area contributed by atoms with Crippen LogP contribution in [0.3, 0.4) is 0 Å². The van der Waals surface area contributed by atoms with Crippen molar-refractivity contribution in [3.05, 3.63) is 15.7 Å². The van der Waals surface area contributed by atoms with Gasteiger partial charge in [0, 0.05) is 12.4 Å². The lowest BCUT2D eigenvalue weighted by molar-refractivity contribution is 0.168. The molecule has 0 fully saturated rings. The van der Waals surface area contributed by atoms with Gasteiger partial charge in [-0.3, -0.25) is 14.1 Å². The van der Waals surface area contributed by atoms with Crippen molar-refractivity contribution < 1.29 is 9.53 Å². The van der Waals surface area contributed by atoms with E-state index >= 15 is 0 Å². The first-order valence-corrected chi connectivity index (χ1v) is 4.57. The molecule has 0 aliphatic rings. The third-order valence-corrected chi connectivity index (χ3v) is 2.18. The van der Waals surface area contributed by atoms with Crippen molar-refractivity contribution in [2.24, 2.45) is 7.05 Å². The highest BCUT2D eigenvalue weighted by Crippen LogP contribution is 2.04. The molecular weight excluding hydrogens is 192 g/mol. The molecule has 0 unspecified atom stereocenters. The van der Waals surface area contributed by atoms with E-state index in [9.17, 15) is 9.59 Å². The van der Waals surface area contributed by atoms with Crippen LogP contribution < -0.4 is 10.9 Å². The summed E-state index contributed by atoms with van der Waals surface area (Å²) in [5, 5.41) is 3.92. The van der Waals surface area contributed by atoms with E-state index in [2.05, 4.69) is 10.1 Å². The molecule has 0 bridgehead atoms. The van der Waals surface area contributed by atoms with Gasteiger partial charge in [-0.15, -0.1) is 0 Å². The third-order valence-electron chi connectivity index (χ3n) is 1.36. The van der Waals surface area contributed by atoms with E-state index in [1.54, 1.807) is 19.4 Å². The summed E-state index contributed by atoms with van der Waals surface area (Å²) in [4.78, 5) is 22.1. The maximum Gasteiger partial charge on any atom is 0.411 e. The van der Waals surface area contributed by atoms with Gasteiger partial charge in [-0.1, -0.05) is 11.5 Å². The van der Waals surface area contributed by atoms with E-state index in [4.69, 9.17) is 0 Å². The molecule has 72 valence electrons. The van der Waals surface area contributed by atoms with Crippen molar-refractivity contribution in [2.45, 2.75) is 6.92 Å². The van der Waals surface area contributed by atoms with Crippen LogP contribution in [-0.4, -0.2) is 16.7 Å². The van der Waals surface area contributed by atoms with Crippen LogP contribution in [0.1, 0.15) is 6.92 Å². The highest BCUT2D eigenvalue weighted by atomic mass is 32.1. The normalized spacial score (nSPS) is 9.69. The first-order valence-electron chi connectivity index (χ1n) is 3.74. The van der Waals surface area contributed by atoms with Crippen LogP contribution in [0.2, 0.25) is 0 Å². The maximum atomic E-state index is 11.2. The Morgan fingerprint density at radius 1 is 1.77 bits per heavy atom. The lowest BCUT2D eigenvalue weighted by Gasteiger charge is -2.00. The summed E-state index contributed by atoms with van der Waals surface area (Å²) in [6.45, 7) is 1.99. The predicted molar refractivity (Wildman–Crippen MR) is 50.2 cm³/mol. The molecule has 5 nitrogen and oxygen atoms in total. The van der Waals surface area contributed by atoms with Gasteiger partial charge < -0.3 is 4.74 Å². The number of anilines is 1. The number of nitrogens with one attached hydrogen (secondary N) is 1. The number of ether oxygens (including phenoxy) is 1. The van der Waals surface area contributed by atoms with E-state index in [0.717, 1.165) is 0 Å². The first kappa shape index (κ1) is 9.79. The summed E-state index contributed by atoms with van der Waals surface area (Å²) in [6.07, 6.45) is -0.599. The van der Waals surface area contributed by atoms with Crippen molar-refractivity contribution in [1.82, 2.24) is 3.96 Å². The number of amides is 1. The second-order valence-corrected chi connectivity index (χ2v) is 3.28. The van der Waals surface area contributed by atoms with E-state index in [-0.39, 0.29) is 17.9 Å². The van der Waals surface area contributed by atoms with Crippen LogP contribution in [0.5, 0.6) is 0 Å². The van der Waals surface area contributed by atoms with E-state index in [0.29, 0.717) is 0 Å². The monoisotopic (exact) mass is 202 g/mol. The zero-order valence-electron chi connectivity index (χ0n) is 7.36. The van der Waals surface area contributed by atoms with Gasteiger partial charge in [-0.2, -0.15) is 0 Å². The Morgan fingerprint density at radius 2 is 2.46 bits per heavy atom. The largest absolute Gasteiger partial charge is 0.450 e. The Bertz CT molecular complexity index is 355. The first-order chi connectivity index (χ1) is 6.15. The lowest BCUT2D eigenvalue weighted by atomic mass is 10.6. The van der Waals surface area contributed by atoms with Gasteiger partial charge in [0.25, 0.3) is 5.56 Å². The van der Waals surface area contributed by atoms with Crippen LogP contribution in [-0.2, 0) is 11.8 Å². The summed E-state index contributed by atoms with van der Waals surface area (Å²) in [7, 11) is 1.63. The summed E-state index contributed by atoms with van der Waals surface area (Å²) in [5.41, 5.74) is 0.0315. The van der Waals surface area contributed by atoms with Crippen LogP contribution in [0.4, 0.5) is 10.5 Å². The molecule has 1 aromatic rings. The van der Waals surface area contributed by atoms with Crippen LogP contribution >= 0.6 is 11.5 Å². The minimum Gasteiger partial charge on any atom is -0.450 e. The quantitative estimate of drug-likeness (QED) is 0.778. The van der Waals surface area contributed by atoms with Gasteiger partial charge in [-0.25, -0.2) is 4.79 Å². The van der Waals surface area contributed by atoms with Gasteiger partial charge in [0.15, 0.2) is 0 Å². The van der Waals surface area contributed by atoms with E-state index in [1.807, 2.05) is 0 Å². The van der Waals surface area contributed by atoms with Crippen LogP contribution in [0.25, 0.3) is 0 Å². The Kier molecular flexibility index (Phi) is 3.07. The fraction of sp³-hybridized carbons (Fsp3) is 0.429.